The van der Waals surface area contributed by atoms with Crippen LogP contribution in [0.2, 0.25) is 5.02 Å². The number of aromatic nitrogens is 5. The van der Waals surface area contributed by atoms with Crippen LogP contribution in [0, 0.1) is 24.6 Å². The van der Waals surface area contributed by atoms with Crippen molar-refractivity contribution in [2.75, 3.05) is 23.4 Å². The number of aliphatic hydroxyl groups is 1. The zero-order valence-electron chi connectivity index (χ0n) is 22.0. The van der Waals surface area contributed by atoms with Crippen molar-refractivity contribution in [3.63, 3.8) is 0 Å². The van der Waals surface area contributed by atoms with E-state index in [4.69, 9.17) is 11.6 Å². The molecule has 3 aromatic heterocycles. The zero-order valence-corrected chi connectivity index (χ0v) is 22.8. The van der Waals surface area contributed by atoms with Gasteiger partial charge in [0.2, 0.25) is 5.91 Å². The lowest BCUT2D eigenvalue weighted by Crippen LogP contribution is -2.28. The number of rotatable bonds is 8. The number of benzene rings is 1. The van der Waals surface area contributed by atoms with Crippen LogP contribution in [0.4, 0.5) is 24.7 Å². The number of carbonyl (C=O) groups is 2. The Hall–Kier alpha value is -4.36. The van der Waals surface area contributed by atoms with Gasteiger partial charge in [0, 0.05) is 36.0 Å². The van der Waals surface area contributed by atoms with Crippen LogP contribution >= 0.6 is 11.6 Å². The lowest BCUT2D eigenvalue weighted by atomic mass is 10.0. The Kier molecular flexibility index (Phi) is 7.15. The molecule has 0 spiro atoms. The number of hydrogen-bond acceptors (Lipinski definition) is 7. The average molecular weight is 598 g/mol. The molecule has 1 saturated carbocycles. The molecule has 1 saturated heterocycles. The van der Waals surface area contributed by atoms with Crippen LogP contribution in [-0.4, -0.2) is 54.8 Å². The van der Waals surface area contributed by atoms with Gasteiger partial charge in [-0.15, -0.1) is 0 Å². The maximum atomic E-state index is 14.8. The third kappa shape index (κ3) is 4.98. The predicted octanol–water partition coefficient (Wildman–Crippen LogP) is 4.59. The van der Waals surface area contributed by atoms with E-state index < -0.39 is 35.3 Å². The van der Waals surface area contributed by atoms with Crippen molar-refractivity contribution >= 4 is 34.9 Å². The molecular weight excluding hydrogens is 575 g/mol. The highest BCUT2D eigenvalue weighted by Crippen LogP contribution is 2.47. The van der Waals surface area contributed by atoms with Gasteiger partial charge >= 0.3 is 0 Å². The van der Waals surface area contributed by atoms with E-state index in [0.29, 0.717) is 23.8 Å². The Morgan fingerprint density at radius 3 is 2.67 bits per heavy atom. The summed E-state index contributed by atoms with van der Waals surface area (Å²) in [5.41, 5.74) is -0.608. The van der Waals surface area contributed by atoms with Crippen molar-refractivity contribution in [1.29, 1.82) is 0 Å². The van der Waals surface area contributed by atoms with Gasteiger partial charge in [-0.25, -0.2) is 23.1 Å². The number of anilines is 2. The van der Waals surface area contributed by atoms with Gasteiger partial charge in [0.15, 0.2) is 5.82 Å². The number of alkyl halides is 2. The van der Waals surface area contributed by atoms with Gasteiger partial charge in [0.1, 0.15) is 17.6 Å². The molecular formula is C28H23ClF3N7O3. The number of aryl methyl sites for hydroxylation is 1. The SMILES string of the molecule is Cc1ncc(-c2c(C(F)F)ccc(Cl)c2F)nc1C(=O)Nc1cnn(C(CO)c2ccc(N3CC4CC4C3=O)nc2)c1. The third-order valence-corrected chi connectivity index (χ3v) is 7.79. The Morgan fingerprint density at radius 1 is 1.19 bits per heavy atom. The summed E-state index contributed by atoms with van der Waals surface area (Å²) >= 11 is 5.82. The molecule has 3 unspecified atom stereocenters. The van der Waals surface area contributed by atoms with E-state index in [1.54, 1.807) is 23.2 Å². The van der Waals surface area contributed by atoms with Crippen molar-refractivity contribution in [3.05, 3.63) is 82.4 Å². The van der Waals surface area contributed by atoms with Crippen molar-refractivity contribution in [3.8, 4) is 11.3 Å². The lowest BCUT2D eigenvalue weighted by Gasteiger charge is -2.19. The van der Waals surface area contributed by atoms with E-state index in [-0.39, 0.29) is 46.2 Å². The van der Waals surface area contributed by atoms with E-state index in [0.717, 1.165) is 24.8 Å². The summed E-state index contributed by atoms with van der Waals surface area (Å²) < 4.78 is 43.4. The monoisotopic (exact) mass is 597 g/mol. The van der Waals surface area contributed by atoms with E-state index in [9.17, 15) is 27.9 Å². The molecule has 2 N–H and O–H groups in total. The molecule has 1 aromatic carbocycles. The molecule has 1 aliphatic heterocycles. The fourth-order valence-electron chi connectivity index (χ4n) is 5.13. The van der Waals surface area contributed by atoms with Gasteiger partial charge in [0.05, 0.1) is 41.1 Å². The highest BCUT2D eigenvalue weighted by Gasteiger charge is 2.52. The number of nitrogens with one attached hydrogen (secondary N) is 1. The number of aliphatic hydroxyl groups excluding tert-OH is 1. The molecule has 216 valence electrons. The van der Waals surface area contributed by atoms with Crippen LogP contribution in [0.5, 0.6) is 0 Å². The molecule has 10 nitrogen and oxygen atoms in total. The van der Waals surface area contributed by atoms with Gasteiger partial charge in [-0.2, -0.15) is 5.10 Å². The van der Waals surface area contributed by atoms with E-state index in [1.807, 2.05) is 0 Å². The summed E-state index contributed by atoms with van der Waals surface area (Å²) in [6, 6.07) is 4.87. The maximum absolute atomic E-state index is 14.8. The van der Waals surface area contributed by atoms with Gasteiger partial charge in [-0.3, -0.25) is 24.2 Å². The minimum Gasteiger partial charge on any atom is -0.394 e. The molecule has 0 radical (unpaired) electrons. The van der Waals surface area contributed by atoms with E-state index >= 15 is 0 Å². The Morgan fingerprint density at radius 2 is 2.00 bits per heavy atom. The van der Waals surface area contributed by atoms with E-state index in [1.165, 1.54) is 24.0 Å². The molecule has 2 fully saturated rings. The van der Waals surface area contributed by atoms with Gasteiger partial charge in [-0.1, -0.05) is 23.7 Å². The molecule has 4 aromatic rings. The standard InChI is InChI=1S/C28H23ClF3N7O3/c1-13-25(37-20(9-33-13)23-17(26(31)32)3-4-19(29)24(23)30)27(41)36-16-8-35-39(11-16)21(12-40)14-2-5-22(34-7-14)38-10-15-6-18(15)28(38)42/h2-5,7-9,11,15,18,21,26,40H,6,10,12H2,1H3,(H,36,41). The number of fused-ring (bicyclic) bond motifs is 1. The molecule has 3 atom stereocenters. The summed E-state index contributed by atoms with van der Waals surface area (Å²) in [4.78, 5) is 39.7. The van der Waals surface area contributed by atoms with Gasteiger partial charge < -0.3 is 10.4 Å². The van der Waals surface area contributed by atoms with Crippen molar-refractivity contribution in [2.45, 2.75) is 25.8 Å². The highest BCUT2D eigenvalue weighted by molar-refractivity contribution is 6.31. The van der Waals surface area contributed by atoms with Gasteiger partial charge in [-0.05, 0) is 37.0 Å². The highest BCUT2D eigenvalue weighted by atomic mass is 35.5. The summed E-state index contributed by atoms with van der Waals surface area (Å²) in [5, 5.41) is 16.6. The van der Waals surface area contributed by atoms with Crippen LogP contribution in [0.3, 0.4) is 0 Å². The minimum absolute atomic E-state index is 0.0871. The second kappa shape index (κ2) is 10.8. The number of piperidine rings is 1. The fourth-order valence-corrected chi connectivity index (χ4v) is 5.29. The number of carbonyl (C=O) groups excluding carboxylic acids is 2. The number of pyridine rings is 1. The van der Waals surface area contributed by atoms with Crippen molar-refractivity contribution < 1.29 is 27.9 Å². The topological polar surface area (TPSA) is 126 Å². The quantitative estimate of drug-likeness (QED) is 0.304. The molecule has 2 aliphatic rings. The smallest absolute Gasteiger partial charge is 0.276 e. The molecule has 14 heteroatoms. The molecule has 2 amide bonds. The Bertz CT molecular complexity index is 1700. The second-order valence-corrected chi connectivity index (χ2v) is 10.6. The Balaban J connectivity index is 1.21. The first kappa shape index (κ1) is 27.8. The van der Waals surface area contributed by atoms with Crippen molar-refractivity contribution in [2.24, 2.45) is 11.8 Å². The normalized spacial score (nSPS) is 18.4. The summed E-state index contributed by atoms with van der Waals surface area (Å²) in [5.74, 6) is -0.669. The lowest BCUT2D eigenvalue weighted by molar-refractivity contribution is -0.118. The molecule has 4 heterocycles. The molecule has 6 rings (SSSR count). The fraction of sp³-hybridized carbons (Fsp3) is 0.286. The summed E-state index contributed by atoms with van der Waals surface area (Å²) in [6.45, 7) is 1.83. The average Bonchev–Trinajstić information content (AvgIpc) is 3.49. The zero-order chi connectivity index (χ0) is 29.7. The van der Waals surface area contributed by atoms with E-state index in [2.05, 4.69) is 25.4 Å². The van der Waals surface area contributed by atoms with Crippen LogP contribution in [0.25, 0.3) is 11.3 Å². The van der Waals surface area contributed by atoms with Gasteiger partial charge in [0.25, 0.3) is 12.3 Å². The number of halogens is 4. The Labute approximate surface area is 242 Å². The van der Waals surface area contributed by atoms with Crippen molar-refractivity contribution in [1.82, 2.24) is 24.7 Å². The molecule has 1 aliphatic carbocycles. The van der Waals surface area contributed by atoms with Crippen LogP contribution in [0.15, 0.2) is 49.1 Å². The third-order valence-electron chi connectivity index (χ3n) is 7.50. The summed E-state index contributed by atoms with van der Waals surface area (Å²) in [6.07, 6.45) is 3.43. The molecule has 42 heavy (non-hydrogen) atoms. The molecule has 0 bridgehead atoms. The maximum Gasteiger partial charge on any atom is 0.276 e. The second-order valence-electron chi connectivity index (χ2n) is 10.2. The largest absolute Gasteiger partial charge is 0.394 e. The number of nitrogens with zero attached hydrogens (tertiary/aromatic N) is 6. The first-order valence-electron chi connectivity index (χ1n) is 13.0. The first-order valence-corrected chi connectivity index (χ1v) is 13.4. The number of amides is 2. The van der Waals surface area contributed by atoms with Crippen LogP contribution in [-0.2, 0) is 4.79 Å². The minimum atomic E-state index is -3.02. The predicted molar refractivity (Wildman–Crippen MR) is 146 cm³/mol. The van der Waals surface area contributed by atoms with Crippen LogP contribution < -0.4 is 10.2 Å². The van der Waals surface area contributed by atoms with Crippen LogP contribution in [0.1, 0.15) is 46.2 Å². The summed E-state index contributed by atoms with van der Waals surface area (Å²) in [7, 11) is 0. The number of hydrogen-bond donors (Lipinski definition) is 2. The first-order chi connectivity index (χ1) is 20.2.